The summed E-state index contributed by atoms with van der Waals surface area (Å²) in [5.74, 6) is 2.50. The number of benzene rings is 6. The highest BCUT2D eigenvalue weighted by Gasteiger charge is 2.52. The molecule has 0 saturated carbocycles. The first-order valence-corrected chi connectivity index (χ1v) is 23.0. The molecule has 0 N–H and O–H groups in total. The van der Waals surface area contributed by atoms with Gasteiger partial charge >= 0.3 is 16.5 Å². The van der Waals surface area contributed by atoms with Gasteiger partial charge in [0.25, 0.3) is 0 Å². The second-order valence-electron chi connectivity index (χ2n) is 18.3. The van der Waals surface area contributed by atoms with Crippen molar-refractivity contribution in [2.75, 3.05) is 7.11 Å². The van der Waals surface area contributed by atoms with E-state index < -0.39 is 21.9 Å². The van der Waals surface area contributed by atoms with Crippen molar-refractivity contribution < 1.29 is 30.6 Å². The van der Waals surface area contributed by atoms with Crippen LogP contribution >= 0.6 is 16.5 Å². The zero-order valence-corrected chi connectivity index (χ0v) is 37.3. The lowest BCUT2D eigenvalue weighted by Gasteiger charge is -2.34. The molecule has 0 aliphatic heterocycles. The maximum absolute atomic E-state index is 7.35. The van der Waals surface area contributed by atoms with Crippen LogP contribution in [0, 0.1) is 6.92 Å². The number of ether oxygens (including phenoxy) is 1. The molecule has 306 valence electrons. The summed E-state index contributed by atoms with van der Waals surface area (Å²) in [6.45, 7) is 15.7. The van der Waals surface area contributed by atoms with Crippen LogP contribution in [0.2, 0.25) is 0 Å². The summed E-state index contributed by atoms with van der Waals surface area (Å²) in [7, 11) is -2.09. The van der Waals surface area contributed by atoms with Crippen LogP contribution in [0.1, 0.15) is 93.3 Å². The first-order chi connectivity index (χ1) is 28.8. The van der Waals surface area contributed by atoms with Crippen molar-refractivity contribution in [3.8, 4) is 17.2 Å². The molecule has 0 bridgehead atoms. The molecular weight excluding hydrogens is 787 g/mol. The van der Waals surface area contributed by atoms with Gasteiger partial charge in [-0.3, -0.25) is 0 Å². The van der Waals surface area contributed by atoms with E-state index in [0.29, 0.717) is 0 Å². The molecule has 2 aliphatic rings. The summed E-state index contributed by atoms with van der Waals surface area (Å²) in [5, 5.41) is 3.90. The first kappa shape index (κ1) is 38.7. The Labute approximate surface area is 352 Å². The molecule has 2 aromatic heterocycles. The van der Waals surface area contributed by atoms with Crippen LogP contribution in [-0.4, -0.2) is 7.11 Å². The molecule has 1 atom stereocenters. The van der Waals surface area contributed by atoms with Crippen molar-refractivity contribution in [3.05, 3.63) is 148 Å². The zero-order valence-electron chi connectivity index (χ0n) is 35.5. The second kappa shape index (κ2) is 14.3. The van der Waals surface area contributed by atoms with E-state index in [1.807, 2.05) is 72.8 Å². The predicted molar refractivity (Wildman–Crippen MR) is 244 cm³/mol. The lowest BCUT2D eigenvalue weighted by Crippen LogP contribution is -2.26. The van der Waals surface area contributed by atoms with Crippen LogP contribution in [0.5, 0.6) is 17.2 Å². The monoisotopic (exact) mass is 836 g/mol. The normalized spacial score (nSPS) is 16.1. The molecule has 7 nitrogen and oxygen atoms in total. The maximum atomic E-state index is 7.35. The molecule has 60 heavy (non-hydrogen) atoms. The van der Waals surface area contributed by atoms with Crippen LogP contribution in [0.25, 0.3) is 43.9 Å². The molecule has 8 aromatic rings. The summed E-state index contributed by atoms with van der Waals surface area (Å²) in [6, 6.07) is 36.9. The SMILES string of the molecule is COc1cc(C(C)(C)C)c(Op2oc3ccccc3c3ccccc3o2)c2c1CCC21CCc2c(C)cc(C(C)(C)C)c(Op3oc4ccccc4c4ccccc4o3)c21. The molecule has 0 saturated heterocycles. The Kier molecular flexibility index (Phi) is 9.24. The largest absolute Gasteiger partial charge is 0.496 e. The zero-order chi connectivity index (χ0) is 41.6. The molecule has 6 aromatic carbocycles. The number of rotatable bonds is 5. The Hall–Kier alpha value is -5.48. The summed E-state index contributed by atoms with van der Waals surface area (Å²) in [5.41, 5.74) is 10.0. The van der Waals surface area contributed by atoms with Gasteiger partial charge in [-0.05, 0) is 84.9 Å². The Bertz CT molecular complexity index is 2980. The Balaban J connectivity index is 1.26. The van der Waals surface area contributed by atoms with Crippen LogP contribution in [0.3, 0.4) is 0 Å². The summed E-state index contributed by atoms with van der Waals surface area (Å²) in [6.07, 6.45) is 3.43. The van der Waals surface area contributed by atoms with Gasteiger partial charge in [0.1, 0.15) is 39.6 Å². The van der Waals surface area contributed by atoms with Gasteiger partial charge in [0.05, 0.1) is 7.11 Å². The van der Waals surface area contributed by atoms with E-state index in [2.05, 4.69) is 84.9 Å². The van der Waals surface area contributed by atoms with Crippen LogP contribution in [0.4, 0.5) is 0 Å². The number of para-hydroxylation sites is 4. The fourth-order valence-corrected chi connectivity index (χ4v) is 11.8. The summed E-state index contributed by atoms with van der Waals surface area (Å²) >= 11 is 0. The minimum absolute atomic E-state index is 0.270. The molecule has 0 radical (unpaired) electrons. The van der Waals surface area contributed by atoms with E-state index in [1.54, 1.807) is 7.11 Å². The van der Waals surface area contributed by atoms with E-state index in [4.69, 9.17) is 30.6 Å². The molecule has 9 heteroatoms. The highest BCUT2D eigenvalue weighted by Crippen LogP contribution is 2.63. The van der Waals surface area contributed by atoms with Crippen LogP contribution in [0.15, 0.2) is 126 Å². The average Bonchev–Trinajstić information content (AvgIpc) is 3.70. The Morgan fingerprint density at radius 2 is 0.883 bits per heavy atom. The number of aryl methyl sites for hydroxylation is 1. The van der Waals surface area contributed by atoms with Crippen LogP contribution in [-0.2, 0) is 29.1 Å². The smallest absolute Gasteiger partial charge is 0.453 e. The standard InChI is InChI=1S/C51H50O7P2/c1-31-29-38(49(2,3)4)47(57-59-53-40-21-13-9-17-33(40)34-18-10-14-22-41(34)54-59)45-32(31)25-27-51(45)28-26-37-44(52-8)30-39(50(5,6)7)48(46(37)51)58-60-55-42-23-15-11-19-35(42)36-20-12-16-24-43(36)56-60/h9-24,29-30H,25-28H2,1-8H3. The van der Waals surface area contributed by atoms with Gasteiger partial charge < -0.3 is 30.6 Å². The van der Waals surface area contributed by atoms with Gasteiger partial charge in [0.2, 0.25) is 0 Å². The molecular formula is C51H50O7P2. The number of fused-ring (bicyclic) bond motifs is 10. The van der Waals surface area contributed by atoms with Crippen molar-refractivity contribution in [1.82, 2.24) is 0 Å². The molecule has 1 spiro atoms. The van der Waals surface area contributed by atoms with Gasteiger partial charge in [0, 0.05) is 54.8 Å². The number of hydrogen-bond acceptors (Lipinski definition) is 7. The van der Waals surface area contributed by atoms with E-state index in [0.717, 1.165) is 109 Å². The summed E-state index contributed by atoms with van der Waals surface area (Å²) < 4.78 is 48.0. The van der Waals surface area contributed by atoms with Gasteiger partial charge in [-0.15, -0.1) is 0 Å². The van der Waals surface area contributed by atoms with Crippen molar-refractivity contribution in [3.63, 3.8) is 0 Å². The molecule has 0 fully saturated rings. The van der Waals surface area contributed by atoms with Gasteiger partial charge in [-0.2, -0.15) is 0 Å². The molecule has 2 aliphatic carbocycles. The molecule has 1 unspecified atom stereocenters. The summed E-state index contributed by atoms with van der Waals surface area (Å²) in [4.78, 5) is 0. The number of hydrogen-bond donors (Lipinski definition) is 0. The van der Waals surface area contributed by atoms with Crippen molar-refractivity contribution in [2.45, 2.75) is 90.4 Å². The molecule has 0 amide bonds. The number of methoxy groups -OCH3 is 1. The highest BCUT2D eigenvalue weighted by molar-refractivity contribution is 7.32. The van der Waals surface area contributed by atoms with Gasteiger partial charge in [-0.1, -0.05) is 120 Å². The topological polar surface area (TPSA) is 80.2 Å². The third-order valence-electron chi connectivity index (χ3n) is 12.5. The van der Waals surface area contributed by atoms with E-state index in [9.17, 15) is 0 Å². The Morgan fingerprint density at radius 1 is 0.517 bits per heavy atom. The maximum Gasteiger partial charge on any atom is 0.453 e. The fraction of sp³-hybridized carbons (Fsp3) is 0.294. The minimum atomic E-state index is -1.94. The predicted octanol–water partition coefficient (Wildman–Crippen LogP) is 15.7. The van der Waals surface area contributed by atoms with E-state index >= 15 is 0 Å². The third-order valence-corrected chi connectivity index (χ3v) is 14.6. The second-order valence-corrected chi connectivity index (χ2v) is 20.3. The van der Waals surface area contributed by atoms with Crippen molar-refractivity contribution in [1.29, 1.82) is 0 Å². The van der Waals surface area contributed by atoms with E-state index in [1.165, 1.54) is 16.7 Å². The quantitative estimate of drug-likeness (QED) is 0.171. The minimum Gasteiger partial charge on any atom is -0.496 e. The Morgan fingerprint density at radius 3 is 1.28 bits per heavy atom. The highest BCUT2D eigenvalue weighted by atomic mass is 31.1. The van der Waals surface area contributed by atoms with Crippen molar-refractivity contribution >= 4 is 60.4 Å². The van der Waals surface area contributed by atoms with E-state index in [-0.39, 0.29) is 10.8 Å². The molecule has 10 rings (SSSR count). The van der Waals surface area contributed by atoms with Gasteiger partial charge in [-0.25, -0.2) is 0 Å². The van der Waals surface area contributed by atoms with Crippen LogP contribution < -0.4 is 13.8 Å². The first-order valence-electron chi connectivity index (χ1n) is 20.8. The van der Waals surface area contributed by atoms with Gasteiger partial charge in [0.15, 0.2) is 0 Å². The average molecular weight is 837 g/mol. The lowest BCUT2D eigenvalue weighted by atomic mass is 9.71. The van der Waals surface area contributed by atoms with Crippen molar-refractivity contribution in [2.24, 2.45) is 0 Å². The third kappa shape index (κ3) is 6.32. The lowest BCUT2D eigenvalue weighted by molar-refractivity contribution is 0.404. The fourth-order valence-electron chi connectivity index (χ4n) is 9.67. The molecule has 2 heterocycles.